The summed E-state index contributed by atoms with van der Waals surface area (Å²) in [5.74, 6) is -0.274. The molecule has 0 spiro atoms. The van der Waals surface area contributed by atoms with Crippen LogP contribution in [0.2, 0.25) is 0 Å². The number of hydrogen-bond acceptors (Lipinski definition) is 6. The van der Waals surface area contributed by atoms with E-state index < -0.39 is 12.5 Å². The molecule has 2 rings (SSSR count). The van der Waals surface area contributed by atoms with Crippen molar-refractivity contribution in [2.24, 2.45) is 5.73 Å². The fourth-order valence-corrected chi connectivity index (χ4v) is 3.77. The van der Waals surface area contributed by atoms with Gasteiger partial charge in [0.2, 0.25) is 5.82 Å². The predicted octanol–water partition coefficient (Wildman–Crippen LogP) is 0.603. The second kappa shape index (κ2) is 5.62. The molecule has 3 N–H and O–H groups in total. The first-order valence-electron chi connectivity index (χ1n) is 5.66. The molecule has 106 valence electrons. The first-order valence-corrected chi connectivity index (χ1v) is 9.36. The predicted molar refractivity (Wildman–Crippen MR) is 69.9 cm³/mol. The van der Waals surface area contributed by atoms with Crippen LogP contribution in [0.25, 0.3) is 0 Å². The highest BCUT2D eigenvalue weighted by molar-refractivity contribution is 8.56. The van der Waals surface area contributed by atoms with E-state index in [0.717, 1.165) is 17.8 Å². The second-order valence-corrected chi connectivity index (χ2v) is 9.31. The van der Waals surface area contributed by atoms with Crippen molar-refractivity contribution in [3.05, 3.63) is 12.2 Å². The summed E-state index contributed by atoms with van der Waals surface area (Å²) in [7, 11) is 0. The normalized spacial score (nSPS) is 26.2. The van der Waals surface area contributed by atoms with Crippen LogP contribution in [-0.2, 0) is 9.30 Å². The number of primary amides is 1. The molecule has 1 fully saturated rings. The quantitative estimate of drug-likeness (QED) is 0.764. The molecule has 1 aromatic rings. The Labute approximate surface area is 113 Å². The summed E-state index contributed by atoms with van der Waals surface area (Å²) >= 11 is 1.00. The summed E-state index contributed by atoms with van der Waals surface area (Å²) in [6, 6.07) is 0. The van der Waals surface area contributed by atoms with Crippen LogP contribution in [0.4, 0.5) is 0 Å². The van der Waals surface area contributed by atoms with Gasteiger partial charge < -0.3 is 15.4 Å². The van der Waals surface area contributed by atoms with Gasteiger partial charge in [0, 0.05) is 12.4 Å². The maximum Gasteiger partial charge on any atom is 0.288 e. The van der Waals surface area contributed by atoms with Gasteiger partial charge in [-0.15, -0.1) is 5.10 Å². The average molecular weight is 306 g/mol. The van der Waals surface area contributed by atoms with Gasteiger partial charge in [0.1, 0.15) is 6.33 Å². The van der Waals surface area contributed by atoms with Gasteiger partial charge in [0.15, 0.2) is 6.23 Å². The smallest absolute Gasteiger partial charge is 0.288 e. The SMILES string of the molecule is CP(=O)(O)SC[C@@H]1CC[C@H](n2cnc(C(N)=O)n2)O1. The molecule has 1 saturated heterocycles. The molecule has 3 atom stereocenters. The van der Waals surface area contributed by atoms with Crippen molar-refractivity contribution >= 4 is 23.9 Å². The Morgan fingerprint density at radius 1 is 1.74 bits per heavy atom. The molecule has 1 aliphatic rings. The van der Waals surface area contributed by atoms with Crippen molar-refractivity contribution in [2.45, 2.75) is 25.2 Å². The minimum Gasteiger partial charge on any atom is -0.363 e. The fraction of sp³-hybridized carbons (Fsp3) is 0.667. The van der Waals surface area contributed by atoms with Gasteiger partial charge in [0.25, 0.3) is 12.5 Å². The van der Waals surface area contributed by atoms with Gasteiger partial charge in [-0.25, -0.2) is 9.67 Å². The fourth-order valence-electron chi connectivity index (χ4n) is 1.75. The highest BCUT2D eigenvalue weighted by Crippen LogP contribution is 2.51. The molecular formula is C9H15N4O4PS. The summed E-state index contributed by atoms with van der Waals surface area (Å²) in [5.41, 5.74) is 5.07. The van der Waals surface area contributed by atoms with E-state index in [1.807, 2.05) is 0 Å². The Hall–Kier alpha value is -0.890. The molecule has 8 nitrogen and oxygen atoms in total. The van der Waals surface area contributed by atoms with E-state index in [0.29, 0.717) is 12.2 Å². The molecule has 1 aromatic heterocycles. The zero-order valence-electron chi connectivity index (χ0n) is 10.3. The lowest BCUT2D eigenvalue weighted by atomic mass is 10.2. The number of hydrogen-bond donors (Lipinski definition) is 2. The third-order valence-electron chi connectivity index (χ3n) is 2.61. The molecular weight excluding hydrogens is 291 g/mol. The Morgan fingerprint density at radius 3 is 3.05 bits per heavy atom. The van der Waals surface area contributed by atoms with Crippen molar-refractivity contribution in [3.63, 3.8) is 0 Å². The third kappa shape index (κ3) is 4.04. The van der Waals surface area contributed by atoms with Crippen LogP contribution in [0.5, 0.6) is 0 Å². The first kappa shape index (κ1) is 14.5. The standard InChI is InChI=1S/C9H15N4O4PS/c1-18(15,16)19-4-6-2-3-7(17-6)13-5-11-9(12-13)8(10)14/h5-7H,2-4H2,1H3,(H2,10,14)(H,15,16)/t6-,7+/m0/s1. The van der Waals surface area contributed by atoms with E-state index in [1.165, 1.54) is 17.7 Å². The van der Waals surface area contributed by atoms with E-state index in [2.05, 4.69) is 10.1 Å². The number of nitrogens with zero attached hydrogens (tertiary/aromatic N) is 3. The molecule has 1 unspecified atom stereocenters. The maximum atomic E-state index is 11.2. The lowest BCUT2D eigenvalue weighted by molar-refractivity contribution is 0.00502. The summed E-state index contributed by atoms with van der Waals surface area (Å²) in [5, 5.41) is 3.93. The van der Waals surface area contributed by atoms with Gasteiger partial charge in [-0.1, -0.05) is 11.4 Å². The van der Waals surface area contributed by atoms with Gasteiger partial charge in [-0.2, -0.15) is 0 Å². The van der Waals surface area contributed by atoms with Crippen LogP contribution in [0.15, 0.2) is 6.33 Å². The number of ether oxygens (including phenoxy) is 1. The summed E-state index contributed by atoms with van der Waals surface area (Å²) in [4.78, 5) is 23.9. The number of nitrogens with two attached hydrogens (primary N) is 1. The van der Waals surface area contributed by atoms with E-state index in [1.54, 1.807) is 0 Å². The van der Waals surface area contributed by atoms with Crippen LogP contribution in [0.1, 0.15) is 29.7 Å². The highest BCUT2D eigenvalue weighted by atomic mass is 32.7. The van der Waals surface area contributed by atoms with Crippen molar-refractivity contribution < 1.29 is 19.0 Å². The van der Waals surface area contributed by atoms with Crippen molar-refractivity contribution in [1.82, 2.24) is 14.8 Å². The van der Waals surface area contributed by atoms with Gasteiger partial charge in [-0.3, -0.25) is 9.36 Å². The average Bonchev–Trinajstić information content (AvgIpc) is 2.94. The zero-order chi connectivity index (χ0) is 14.0. The van der Waals surface area contributed by atoms with Crippen molar-refractivity contribution in [3.8, 4) is 0 Å². The Morgan fingerprint density at radius 2 is 2.47 bits per heavy atom. The van der Waals surface area contributed by atoms with Gasteiger partial charge in [-0.05, 0) is 12.8 Å². The summed E-state index contributed by atoms with van der Waals surface area (Å²) < 4.78 is 18.3. The topological polar surface area (TPSA) is 120 Å². The molecule has 0 radical (unpaired) electrons. The number of rotatable bonds is 5. The number of aromatic nitrogens is 3. The number of amides is 1. The summed E-state index contributed by atoms with van der Waals surface area (Å²) in [6.45, 7) is -1.77. The van der Waals surface area contributed by atoms with Crippen LogP contribution < -0.4 is 5.73 Å². The first-order chi connectivity index (χ1) is 8.85. The van der Waals surface area contributed by atoms with Crippen LogP contribution in [0, 0.1) is 0 Å². The molecule has 0 saturated carbocycles. The molecule has 1 amide bonds. The third-order valence-corrected chi connectivity index (χ3v) is 5.49. The maximum absolute atomic E-state index is 11.2. The van der Waals surface area contributed by atoms with E-state index in [4.69, 9.17) is 10.5 Å². The van der Waals surface area contributed by atoms with Crippen molar-refractivity contribution in [2.75, 3.05) is 12.4 Å². The van der Waals surface area contributed by atoms with Gasteiger partial charge >= 0.3 is 0 Å². The Kier molecular flexibility index (Phi) is 4.29. The van der Waals surface area contributed by atoms with Crippen LogP contribution in [-0.4, -0.2) is 44.1 Å². The van der Waals surface area contributed by atoms with Crippen molar-refractivity contribution in [1.29, 1.82) is 0 Å². The minimum atomic E-state index is -3.08. The second-order valence-electron chi connectivity index (χ2n) is 4.30. The molecule has 0 aliphatic carbocycles. The highest BCUT2D eigenvalue weighted by Gasteiger charge is 2.29. The summed E-state index contributed by atoms with van der Waals surface area (Å²) in [6.07, 6.45) is 2.48. The minimum absolute atomic E-state index is 0.0464. The molecule has 0 aromatic carbocycles. The van der Waals surface area contributed by atoms with E-state index in [9.17, 15) is 14.3 Å². The lowest BCUT2D eigenvalue weighted by Gasteiger charge is -2.13. The largest absolute Gasteiger partial charge is 0.363 e. The molecule has 19 heavy (non-hydrogen) atoms. The Bertz CT molecular complexity index is 516. The molecule has 0 bridgehead atoms. The Balaban J connectivity index is 1.90. The molecule has 1 aliphatic heterocycles. The lowest BCUT2D eigenvalue weighted by Crippen LogP contribution is -2.16. The molecule has 10 heteroatoms. The van der Waals surface area contributed by atoms with E-state index in [-0.39, 0.29) is 18.2 Å². The zero-order valence-corrected chi connectivity index (χ0v) is 12.0. The number of carbonyl (C=O) groups is 1. The van der Waals surface area contributed by atoms with E-state index >= 15 is 0 Å². The van der Waals surface area contributed by atoms with Crippen LogP contribution in [0.3, 0.4) is 0 Å². The monoisotopic (exact) mass is 306 g/mol. The van der Waals surface area contributed by atoms with Crippen LogP contribution >= 0.6 is 18.0 Å². The molecule has 2 heterocycles. The van der Waals surface area contributed by atoms with Gasteiger partial charge in [0.05, 0.1) is 6.10 Å². The number of carbonyl (C=O) groups excluding carboxylic acids is 1.